The van der Waals surface area contributed by atoms with E-state index in [1.165, 1.54) is 41.1 Å². The maximum atomic E-state index is 13.3. The molecule has 2 saturated heterocycles. The minimum Gasteiger partial charge on any atom is -0.392 e. The fourth-order valence-electron chi connectivity index (χ4n) is 6.17. The summed E-state index contributed by atoms with van der Waals surface area (Å²) in [6.07, 6.45) is 6.10. The van der Waals surface area contributed by atoms with Crippen molar-refractivity contribution in [3.05, 3.63) is 70.8 Å². The number of aliphatic hydroxyl groups is 1. The van der Waals surface area contributed by atoms with E-state index in [4.69, 9.17) is 0 Å². The predicted octanol–water partition coefficient (Wildman–Crippen LogP) is 4.35. The van der Waals surface area contributed by atoms with Gasteiger partial charge in [-0.25, -0.2) is 8.78 Å². The molecule has 5 nitrogen and oxygen atoms in total. The minimum absolute atomic E-state index is 0.169. The number of benzene rings is 2. The monoisotopic (exact) mass is 495 g/mol. The molecule has 0 aromatic heterocycles. The number of β-amino-alcohol motifs (C(OH)–C–C–N with tert-alkyl or cyclic N) is 1. The zero-order valence-electron chi connectivity index (χ0n) is 20.9. The van der Waals surface area contributed by atoms with E-state index in [1.54, 1.807) is 4.90 Å². The number of hydrogen-bond acceptors (Lipinski definition) is 4. The number of aryl methyl sites for hydroxylation is 1. The molecule has 5 rings (SSSR count). The van der Waals surface area contributed by atoms with Crippen molar-refractivity contribution in [2.24, 2.45) is 5.92 Å². The summed E-state index contributed by atoms with van der Waals surface area (Å²) in [6.45, 7) is 6.95. The van der Waals surface area contributed by atoms with Crippen LogP contribution < -0.4 is 5.32 Å². The van der Waals surface area contributed by atoms with Gasteiger partial charge in [0, 0.05) is 49.4 Å². The number of aliphatic hydroxyl groups excluding tert-OH is 1. The Balaban J connectivity index is 1.09. The number of fused-ring (bicyclic) bond motifs is 2. The van der Waals surface area contributed by atoms with Crippen molar-refractivity contribution in [1.82, 2.24) is 9.80 Å². The van der Waals surface area contributed by atoms with E-state index < -0.39 is 17.7 Å². The lowest BCUT2D eigenvalue weighted by molar-refractivity contribution is -0.128. The number of carbonyl (C=O) groups excluding carboxylic acids is 1. The zero-order chi connectivity index (χ0) is 25.3. The maximum absolute atomic E-state index is 13.3. The number of anilines is 1. The number of hydrogen-bond donors (Lipinski definition) is 2. The van der Waals surface area contributed by atoms with E-state index in [2.05, 4.69) is 35.3 Å². The Morgan fingerprint density at radius 3 is 2.53 bits per heavy atom. The number of amides is 1. The van der Waals surface area contributed by atoms with Gasteiger partial charge in [0.1, 0.15) is 11.6 Å². The molecule has 1 unspecified atom stereocenters. The van der Waals surface area contributed by atoms with Gasteiger partial charge in [-0.15, -0.1) is 0 Å². The lowest BCUT2D eigenvalue weighted by atomic mass is 9.74. The van der Waals surface area contributed by atoms with Gasteiger partial charge in [0.25, 0.3) is 0 Å². The second kappa shape index (κ2) is 10.3. The molecule has 7 heteroatoms. The smallest absolute Gasteiger partial charge is 0.246 e. The molecule has 3 aliphatic heterocycles. The molecule has 1 atom stereocenters. The summed E-state index contributed by atoms with van der Waals surface area (Å²) in [6, 6.07) is 9.79. The van der Waals surface area contributed by atoms with Crippen LogP contribution in [0.5, 0.6) is 0 Å². The topological polar surface area (TPSA) is 55.8 Å². The van der Waals surface area contributed by atoms with Crippen molar-refractivity contribution < 1.29 is 18.7 Å². The van der Waals surface area contributed by atoms with Crippen LogP contribution in [0.4, 0.5) is 14.5 Å². The van der Waals surface area contributed by atoms with Gasteiger partial charge in [0.15, 0.2) is 0 Å². The fourth-order valence-corrected chi connectivity index (χ4v) is 6.17. The molecule has 36 heavy (non-hydrogen) atoms. The van der Waals surface area contributed by atoms with E-state index in [-0.39, 0.29) is 17.2 Å². The Labute approximate surface area is 211 Å². The molecule has 2 aromatic rings. The van der Waals surface area contributed by atoms with Crippen molar-refractivity contribution in [3.8, 4) is 0 Å². The number of para-hydroxylation sites is 1. The first-order chi connectivity index (χ1) is 17.3. The molecule has 2 aromatic carbocycles. The molecular formula is C29H35F2N3O2. The van der Waals surface area contributed by atoms with Crippen LogP contribution in [0.15, 0.2) is 42.5 Å². The number of rotatable bonds is 5. The molecule has 0 saturated carbocycles. The molecule has 3 aliphatic rings. The van der Waals surface area contributed by atoms with Gasteiger partial charge in [0.2, 0.25) is 5.91 Å². The van der Waals surface area contributed by atoms with Gasteiger partial charge >= 0.3 is 0 Å². The molecule has 0 aliphatic carbocycles. The molecule has 0 radical (unpaired) electrons. The van der Waals surface area contributed by atoms with Crippen molar-refractivity contribution in [2.75, 3.05) is 44.6 Å². The largest absolute Gasteiger partial charge is 0.392 e. The first-order valence-electron chi connectivity index (χ1n) is 13.0. The summed E-state index contributed by atoms with van der Waals surface area (Å²) in [5, 5.41) is 14.6. The van der Waals surface area contributed by atoms with Gasteiger partial charge in [-0.05, 0) is 86.5 Å². The second-order valence-corrected chi connectivity index (χ2v) is 10.7. The SMILES string of the molecule is Cc1cccc2c1NCC21CCN(CC(O)C2CCN(C(=O)/C=C/c3cc(F)cc(F)c3)CC2)CC1. The molecule has 1 spiro atoms. The van der Waals surface area contributed by atoms with E-state index in [0.29, 0.717) is 25.2 Å². The average Bonchev–Trinajstić information content (AvgIpc) is 3.23. The van der Waals surface area contributed by atoms with Crippen LogP contribution in [0.25, 0.3) is 6.08 Å². The van der Waals surface area contributed by atoms with Crippen LogP contribution in [0.2, 0.25) is 0 Å². The highest BCUT2D eigenvalue weighted by atomic mass is 19.1. The third-order valence-corrected chi connectivity index (χ3v) is 8.40. The van der Waals surface area contributed by atoms with E-state index in [9.17, 15) is 18.7 Å². The quantitative estimate of drug-likeness (QED) is 0.606. The number of likely N-dealkylation sites (tertiary alicyclic amines) is 2. The summed E-state index contributed by atoms with van der Waals surface area (Å²) < 4.78 is 26.7. The zero-order valence-corrected chi connectivity index (χ0v) is 20.9. The Hall–Kier alpha value is -2.77. The highest BCUT2D eigenvalue weighted by Crippen LogP contribution is 2.45. The highest BCUT2D eigenvalue weighted by molar-refractivity contribution is 5.91. The van der Waals surface area contributed by atoms with Gasteiger partial charge in [-0.1, -0.05) is 18.2 Å². The van der Waals surface area contributed by atoms with Gasteiger partial charge < -0.3 is 20.2 Å². The molecule has 2 fully saturated rings. The highest BCUT2D eigenvalue weighted by Gasteiger charge is 2.42. The number of nitrogens with zero attached hydrogens (tertiary/aromatic N) is 2. The summed E-state index contributed by atoms with van der Waals surface area (Å²) in [5.41, 5.74) is 4.60. The van der Waals surface area contributed by atoms with Crippen LogP contribution in [-0.2, 0) is 10.2 Å². The Bertz CT molecular complexity index is 1120. The normalized spacial score (nSPS) is 21.1. The van der Waals surface area contributed by atoms with Crippen LogP contribution in [0, 0.1) is 24.5 Å². The summed E-state index contributed by atoms with van der Waals surface area (Å²) in [4.78, 5) is 16.7. The van der Waals surface area contributed by atoms with Crippen LogP contribution in [0.3, 0.4) is 0 Å². The van der Waals surface area contributed by atoms with Crippen molar-refractivity contribution >= 4 is 17.7 Å². The Kier molecular flexibility index (Phi) is 7.13. The lowest BCUT2D eigenvalue weighted by Crippen LogP contribution is -2.48. The molecular weight excluding hydrogens is 460 g/mol. The summed E-state index contributed by atoms with van der Waals surface area (Å²) in [5.74, 6) is -1.33. The predicted molar refractivity (Wildman–Crippen MR) is 138 cm³/mol. The fraction of sp³-hybridized carbons (Fsp3) is 0.483. The van der Waals surface area contributed by atoms with E-state index in [1.807, 2.05) is 0 Å². The van der Waals surface area contributed by atoms with Crippen LogP contribution in [-0.4, -0.2) is 66.2 Å². The van der Waals surface area contributed by atoms with Crippen molar-refractivity contribution in [3.63, 3.8) is 0 Å². The van der Waals surface area contributed by atoms with Crippen LogP contribution in [0.1, 0.15) is 42.4 Å². The Morgan fingerprint density at radius 2 is 1.83 bits per heavy atom. The third-order valence-electron chi connectivity index (χ3n) is 8.40. The van der Waals surface area contributed by atoms with Crippen LogP contribution >= 0.6 is 0 Å². The standard InChI is InChI=1S/C29H35F2N3O2/c1-20-3-2-4-25-28(20)32-19-29(25)9-13-33(14-10-29)18-26(35)22-7-11-34(12-8-22)27(36)6-5-21-15-23(30)17-24(31)16-21/h2-6,15-17,22,26,32,35H,7-14,18-19H2,1H3/b6-5+. The first-order valence-corrected chi connectivity index (χ1v) is 13.0. The number of nitrogens with one attached hydrogen (secondary N) is 1. The summed E-state index contributed by atoms with van der Waals surface area (Å²) in [7, 11) is 0. The lowest BCUT2D eigenvalue weighted by Gasteiger charge is -2.41. The van der Waals surface area contributed by atoms with E-state index >= 15 is 0 Å². The molecule has 0 bridgehead atoms. The molecule has 1 amide bonds. The van der Waals surface area contributed by atoms with E-state index in [0.717, 1.165) is 51.4 Å². The Morgan fingerprint density at radius 1 is 1.14 bits per heavy atom. The third kappa shape index (κ3) is 5.18. The first kappa shape index (κ1) is 24.9. The minimum atomic E-state index is -0.666. The molecule has 192 valence electrons. The van der Waals surface area contributed by atoms with Gasteiger partial charge in [-0.2, -0.15) is 0 Å². The average molecular weight is 496 g/mol. The second-order valence-electron chi connectivity index (χ2n) is 10.7. The van der Waals surface area contributed by atoms with Gasteiger partial charge in [-0.3, -0.25) is 4.79 Å². The van der Waals surface area contributed by atoms with Crippen molar-refractivity contribution in [1.29, 1.82) is 0 Å². The maximum Gasteiger partial charge on any atom is 0.246 e. The molecule has 2 N–H and O–H groups in total. The number of carbonyl (C=O) groups is 1. The molecule has 3 heterocycles. The summed E-state index contributed by atoms with van der Waals surface area (Å²) >= 11 is 0. The number of halogens is 2. The number of piperidine rings is 2. The van der Waals surface area contributed by atoms with Gasteiger partial charge in [0.05, 0.1) is 6.10 Å². The van der Waals surface area contributed by atoms with Crippen molar-refractivity contribution in [2.45, 2.75) is 44.1 Å².